The second kappa shape index (κ2) is 6.24. The lowest BCUT2D eigenvalue weighted by atomic mass is 10.1. The average Bonchev–Trinajstić information content (AvgIpc) is 2.68. The van der Waals surface area contributed by atoms with Gasteiger partial charge in [0.25, 0.3) is 0 Å². The van der Waals surface area contributed by atoms with Crippen molar-refractivity contribution in [2.75, 3.05) is 25.4 Å². The maximum Gasteiger partial charge on any atom is 0.180 e. The van der Waals surface area contributed by atoms with E-state index in [1.807, 2.05) is 12.1 Å². The number of benzene rings is 1. The first-order chi connectivity index (χ1) is 9.47. The van der Waals surface area contributed by atoms with Crippen molar-refractivity contribution in [3.05, 3.63) is 29.8 Å². The van der Waals surface area contributed by atoms with Crippen molar-refractivity contribution in [1.29, 1.82) is 0 Å². The highest BCUT2D eigenvalue weighted by atomic mass is 32.2. The van der Waals surface area contributed by atoms with Crippen molar-refractivity contribution < 1.29 is 8.42 Å². The van der Waals surface area contributed by atoms with Crippen LogP contribution in [0.5, 0.6) is 0 Å². The number of nitrogens with one attached hydrogen (secondary N) is 1. The van der Waals surface area contributed by atoms with Gasteiger partial charge in [-0.2, -0.15) is 0 Å². The maximum absolute atomic E-state index is 12.1. The first-order valence-corrected chi connectivity index (χ1v) is 8.93. The molecule has 0 amide bonds. The van der Waals surface area contributed by atoms with Crippen molar-refractivity contribution in [2.45, 2.75) is 37.8 Å². The summed E-state index contributed by atoms with van der Waals surface area (Å²) in [6.45, 7) is 9.37. The van der Waals surface area contributed by atoms with Gasteiger partial charge in [0.2, 0.25) is 0 Å². The summed E-state index contributed by atoms with van der Waals surface area (Å²) in [7, 11) is -3.12. The Bertz CT molecular complexity index is 553. The maximum atomic E-state index is 12.1. The second-order valence-corrected chi connectivity index (χ2v) is 7.43. The molecule has 0 radical (unpaired) electrons. The first kappa shape index (κ1) is 15.5. The first-order valence-electron chi connectivity index (χ1n) is 7.28. The summed E-state index contributed by atoms with van der Waals surface area (Å²) in [5, 5.41) is 3.47. The summed E-state index contributed by atoms with van der Waals surface area (Å²) in [4.78, 5) is 2.83. The molecule has 0 fully saturated rings. The van der Waals surface area contributed by atoms with E-state index < -0.39 is 9.84 Å². The number of rotatable bonds is 6. The van der Waals surface area contributed by atoms with E-state index in [9.17, 15) is 8.42 Å². The van der Waals surface area contributed by atoms with E-state index in [1.165, 1.54) is 0 Å². The van der Waals surface area contributed by atoms with E-state index in [4.69, 9.17) is 0 Å². The van der Waals surface area contributed by atoms with E-state index >= 15 is 0 Å². The van der Waals surface area contributed by atoms with Gasteiger partial charge in [0.05, 0.1) is 10.6 Å². The fourth-order valence-corrected chi connectivity index (χ4v) is 4.60. The van der Waals surface area contributed by atoms with Crippen LogP contribution in [0.2, 0.25) is 0 Å². The van der Waals surface area contributed by atoms with Gasteiger partial charge in [-0.1, -0.05) is 32.0 Å². The number of nitrogens with zero attached hydrogens (tertiary/aromatic N) is 1. The van der Waals surface area contributed by atoms with Crippen LogP contribution in [-0.2, 0) is 9.84 Å². The van der Waals surface area contributed by atoms with Gasteiger partial charge in [-0.25, -0.2) is 8.42 Å². The highest BCUT2D eigenvalue weighted by Gasteiger charge is 2.34. The van der Waals surface area contributed by atoms with Crippen LogP contribution in [0.15, 0.2) is 29.2 Å². The third-order valence-corrected chi connectivity index (χ3v) is 5.74. The zero-order chi connectivity index (χ0) is 14.8. The minimum Gasteiger partial charge on any atom is -0.305 e. The van der Waals surface area contributed by atoms with Gasteiger partial charge in [0.15, 0.2) is 9.84 Å². The molecular formula is C15H24N2O2S. The minimum atomic E-state index is -3.12. The molecule has 0 aromatic heterocycles. The Labute approximate surface area is 122 Å². The van der Waals surface area contributed by atoms with E-state index in [2.05, 4.69) is 31.0 Å². The van der Waals surface area contributed by atoms with Crippen molar-refractivity contribution in [2.24, 2.45) is 0 Å². The number of fused-ring (bicyclic) bond motifs is 1. The van der Waals surface area contributed by atoms with Crippen LogP contribution in [0.4, 0.5) is 0 Å². The number of hydrogen-bond acceptors (Lipinski definition) is 4. The molecule has 2 rings (SSSR count). The second-order valence-electron chi connectivity index (χ2n) is 5.43. The predicted molar refractivity (Wildman–Crippen MR) is 81.6 cm³/mol. The fourth-order valence-electron chi connectivity index (χ4n) is 2.85. The van der Waals surface area contributed by atoms with Gasteiger partial charge in [-0.15, -0.1) is 0 Å². The minimum absolute atomic E-state index is 0.0817. The Morgan fingerprint density at radius 3 is 2.60 bits per heavy atom. The van der Waals surface area contributed by atoms with Crippen LogP contribution >= 0.6 is 0 Å². The SMILES string of the molecule is CCN(CC)CC(C)NC1CS(=O)(=O)c2ccccc21. The normalized spacial score (nSPS) is 21.9. The van der Waals surface area contributed by atoms with Gasteiger partial charge in [0, 0.05) is 18.6 Å². The van der Waals surface area contributed by atoms with E-state index in [0.717, 1.165) is 25.2 Å². The monoisotopic (exact) mass is 296 g/mol. The Morgan fingerprint density at radius 1 is 1.30 bits per heavy atom. The van der Waals surface area contributed by atoms with Crippen LogP contribution in [-0.4, -0.2) is 44.7 Å². The van der Waals surface area contributed by atoms with Crippen molar-refractivity contribution in [3.63, 3.8) is 0 Å². The van der Waals surface area contributed by atoms with Crippen LogP contribution in [0.1, 0.15) is 32.4 Å². The molecule has 0 spiro atoms. The van der Waals surface area contributed by atoms with Crippen LogP contribution in [0.25, 0.3) is 0 Å². The molecule has 2 atom stereocenters. The van der Waals surface area contributed by atoms with E-state index in [1.54, 1.807) is 12.1 Å². The van der Waals surface area contributed by atoms with Gasteiger partial charge in [0.1, 0.15) is 0 Å². The van der Waals surface area contributed by atoms with Gasteiger partial charge in [-0.3, -0.25) is 0 Å². The van der Waals surface area contributed by atoms with Crippen molar-refractivity contribution in [3.8, 4) is 0 Å². The molecule has 2 unspecified atom stereocenters. The Morgan fingerprint density at radius 2 is 1.95 bits per heavy atom. The van der Waals surface area contributed by atoms with E-state index in [-0.39, 0.29) is 17.8 Å². The lowest BCUT2D eigenvalue weighted by Gasteiger charge is -2.26. The molecule has 1 aromatic carbocycles. The third-order valence-electron chi connectivity index (χ3n) is 3.93. The molecule has 1 aromatic rings. The number of hydrogen-bond donors (Lipinski definition) is 1. The number of likely N-dealkylation sites (N-methyl/N-ethyl adjacent to an activating group) is 1. The topological polar surface area (TPSA) is 49.4 Å². The summed E-state index contributed by atoms with van der Waals surface area (Å²) >= 11 is 0. The van der Waals surface area contributed by atoms with Crippen molar-refractivity contribution in [1.82, 2.24) is 10.2 Å². The standard InChI is InChI=1S/C15H24N2O2S/c1-4-17(5-2)10-12(3)16-14-11-20(18,19)15-9-7-6-8-13(14)15/h6-9,12,14,16H,4-5,10-11H2,1-3H3. The zero-order valence-electron chi connectivity index (χ0n) is 12.5. The van der Waals surface area contributed by atoms with Gasteiger partial charge in [-0.05, 0) is 31.6 Å². The zero-order valence-corrected chi connectivity index (χ0v) is 13.3. The Balaban J connectivity index is 2.09. The molecule has 1 aliphatic rings. The van der Waals surface area contributed by atoms with Crippen LogP contribution in [0, 0.1) is 0 Å². The summed E-state index contributed by atoms with van der Waals surface area (Å²) in [6, 6.07) is 7.51. The van der Waals surface area contributed by atoms with E-state index in [0.29, 0.717) is 4.90 Å². The van der Waals surface area contributed by atoms with Crippen LogP contribution < -0.4 is 5.32 Å². The summed E-state index contributed by atoms with van der Waals surface area (Å²) in [5.74, 6) is 0.176. The largest absolute Gasteiger partial charge is 0.305 e. The molecule has 1 aliphatic heterocycles. The molecule has 20 heavy (non-hydrogen) atoms. The summed E-state index contributed by atoms with van der Waals surface area (Å²) in [5.41, 5.74) is 0.916. The lowest BCUT2D eigenvalue weighted by Crippen LogP contribution is -2.41. The smallest absolute Gasteiger partial charge is 0.180 e. The Hall–Kier alpha value is -0.910. The van der Waals surface area contributed by atoms with Gasteiger partial charge < -0.3 is 10.2 Å². The molecule has 1 heterocycles. The molecule has 0 saturated heterocycles. The lowest BCUT2D eigenvalue weighted by molar-refractivity contribution is 0.264. The highest BCUT2D eigenvalue weighted by Crippen LogP contribution is 2.33. The quantitative estimate of drug-likeness (QED) is 0.870. The van der Waals surface area contributed by atoms with Crippen molar-refractivity contribution >= 4 is 9.84 Å². The molecular weight excluding hydrogens is 272 g/mol. The predicted octanol–water partition coefficient (Wildman–Crippen LogP) is 1.83. The molecule has 4 nitrogen and oxygen atoms in total. The number of sulfone groups is 1. The van der Waals surface area contributed by atoms with Crippen LogP contribution in [0.3, 0.4) is 0 Å². The summed E-state index contributed by atoms with van der Waals surface area (Å²) in [6.07, 6.45) is 0. The molecule has 0 saturated carbocycles. The molecule has 5 heteroatoms. The fraction of sp³-hybridized carbons (Fsp3) is 0.600. The molecule has 0 aliphatic carbocycles. The average molecular weight is 296 g/mol. The molecule has 0 bridgehead atoms. The Kier molecular flexibility index (Phi) is 4.83. The highest BCUT2D eigenvalue weighted by molar-refractivity contribution is 7.91. The molecule has 112 valence electrons. The molecule has 1 N–H and O–H groups in total. The third kappa shape index (κ3) is 3.22. The summed E-state index contributed by atoms with van der Waals surface area (Å²) < 4.78 is 24.3. The van der Waals surface area contributed by atoms with Gasteiger partial charge >= 0.3 is 0 Å².